The number of hydrogen-bond acceptors (Lipinski definition) is 3. The van der Waals surface area contributed by atoms with Gasteiger partial charge in [0.1, 0.15) is 0 Å². The smallest absolute Gasteiger partial charge is 0.224 e. The maximum absolute atomic E-state index is 12.1. The molecule has 2 heterocycles. The maximum atomic E-state index is 12.1. The fourth-order valence-corrected chi connectivity index (χ4v) is 2.90. The van der Waals surface area contributed by atoms with Gasteiger partial charge in [-0.25, -0.2) is 0 Å². The van der Waals surface area contributed by atoms with Crippen LogP contribution in [0.5, 0.6) is 0 Å². The number of nitrogens with one attached hydrogen (secondary N) is 1. The molecule has 4 nitrogen and oxygen atoms in total. The molecule has 1 N–H and O–H groups in total. The molecule has 0 aromatic carbocycles. The van der Waals surface area contributed by atoms with Crippen LogP contribution in [0.2, 0.25) is 0 Å². The molecule has 1 unspecified atom stereocenters. The van der Waals surface area contributed by atoms with Crippen molar-refractivity contribution in [2.75, 3.05) is 32.7 Å². The molecule has 0 aromatic rings. The van der Waals surface area contributed by atoms with Gasteiger partial charge in [-0.1, -0.05) is 0 Å². The minimum Gasteiger partial charge on any atom is -0.340 e. The molecule has 2 fully saturated rings. The molecule has 1 amide bonds. The number of amides is 1. The molecule has 2 atom stereocenters. The highest BCUT2D eigenvalue weighted by Crippen LogP contribution is 2.17. The van der Waals surface area contributed by atoms with Gasteiger partial charge in [0.05, 0.1) is 0 Å². The molecule has 0 spiro atoms. The van der Waals surface area contributed by atoms with Crippen LogP contribution in [-0.4, -0.2) is 60.5 Å². The topological polar surface area (TPSA) is 35.6 Å². The van der Waals surface area contributed by atoms with Crippen LogP contribution in [0.25, 0.3) is 0 Å². The zero-order chi connectivity index (χ0) is 12.3. The molecule has 2 aliphatic rings. The summed E-state index contributed by atoms with van der Waals surface area (Å²) in [5.41, 5.74) is 0. The SMILES string of the molecule is CC1CCCN1C(=O)CCN1CCNC[C@H]1C. The van der Waals surface area contributed by atoms with Gasteiger partial charge >= 0.3 is 0 Å². The number of rotatable bonds is 3. The van der Waals surface area contributed by atoms with E-state index < -0.39 is 0 Å². The summed E-state index contributed by atoms with van der Waals surface area (Å²) in [4.78, 5) is 16.6. The maximum Gasteiger partial charge on any atom is 0.224 e. The van der Waals surface area contributed by atoms with Crippen LogP contribution < -0.4 is 5.32 Å². The second-order valence-electron chi connectivity index (χ2n) is 5.42. The van der Waals surface area contributed by atoms with Crippen molar-refractivity contribution in [1.29, 1.82) is 0 Å². The molecular weight excluding hydrogens is 214 g/mol. The van der Waals surface area contributed by atoms with Gasteiger partial charge in [-0.3, -0.25) is 9.69 Å². The molecule has 17 heavy (non-hydrogen) atoms. The quantitative estimate of drug-likeness (QED) is 0.787. The summed E-state index contributed by atoms with van der Waals surface area (Å²) >= 11 is 0. The van der Waals surface area contributed by atoms with Crippen molar-refractivity contribution in [2.24, 2.45) is 0 Å². The van der Waals surface area contributed by atoms with E-state index in [9.17, 15) is 4.79 Å². The number of nitrogens with zero attached hydrogens (tertiary/aromatic N) is 2. The first-order valence-corrected chi connectivity index (χ1v) is 6.92. The van der Waals surface area contributed by atoms with Gasteiger partial charge in [-0.05, 0) is 26.7 Å². The largest absolute Gasteiger partial charge is 0.340 e. The molecular formula is C13H25N3O. The van der Waals surface area contributed by atoms with E-state index in [1.165, 1.54) is 12.8 Å². The van der Waals surface area contributed by atoms with E-state index in [0.29, 0.717) is 24.4 Å². The van der Waals surface area contributed by atoms with Gasteiger partial charge in [0.2, 0.25) is 5.91 Å². The Labute approximate surface area is 104 Å². The zero-order valence-corrected chi connectivity index (χ0v) is 11.1. The van der Waals surface area contributed by atoms with Crippen LogP contribution in [0, 0.1) is 0 Å². The summed E-state index contributed by atoms with van der Waals surface area (Å²) in [5.74, 6) is 0.348. The molecule has 4 heteroatoms. The Morgan fingerprint density at radius 1 is 1.29 bits per heavy atom. The third-order valence-corrected chi connectivity index (χ3v) is 4.13. The van der Waals surface area contributed by atoms with Crippen molar-refractivity contribution in [2.45, 2.75) is 45.2 Å². The van der Waals surface area contributed by atoms with E-state index in [4.69, 9.17) is 0 Å². The average Bonchev–Trinajstić information content (AvgIpc) is 2.74. The highest BCUT2D eigenvalue weighted by molar-refractivity contribution is 5.77. The van der Waals surface area contributed by atoms with Crippen LogP contribution in [0.3, 0.4) is 0 Å². The normalized spacial score (nSPS) is 30.8. The van der Waals surface area contributed by atoms with E-state index >= 15 is 0 Å². The van der Waals surface area contributed by atoms with Crippen molar-refractivity contribution < 1.29 is 4.79 Å². The fraction of sp³-hybridized carbons (Fsp3) is 0.923. The van der Waals surface area contributed by atoms with Crippen molar-refractivity contribution >= 4 is 5.91 Å². The summed E-state index contributed by atoms with van der Waals surface area (Å²) in [6.07, 6.45) is 3.04. The zero-order valence-electron chi connectivity index (χ0n) is 11.1. The second-order valence-corrected chi connectivity index (χ2v) is 5.42. The highest BCUT2D eigenvalue weighted by Gasteiger charge is 2.26. The van der Waals surface area contributed by atoms with E-state index in [1.807, 2.05) is 0 Å². The third kappa shape index (κ3) is 3.19. The van der Waals surface area contributed by atoms with Crippen LogP contribution in [-0.2, 0) is 4.79 Å². The van der Waals surface area contributed by atoms with Crippen LogP contribution >= 0.6 is 0 Å². The van der Waals surface area contributed by atoms with E-state index in [-0.39, 0.29) is 0 Å². The van der Waals surface area contributed by atoms with Gasteiger partial charge in [0.15, 0.2) is 0 Å². The van der Waals surface area contributed by atoms with Crippen LogP contribution in [0.1, 0.15) is 33.1 Å². The van der Waals surface area contributed by atoms with Crippen molar-refractivity contribution in [1.82, 2.24) is 15.1 Å². The number of carbonyl (C=O) groups excluding carboxylic acids is 1. The number of likely N-dealkylation sites (tertiary alicyclic amines) is 1. The molecule has 0 bridgehead atoms. The monoisotopic (exact) mass is 239 g/mol. The second kappa shape index (κ2) is 5.83. The first kappa shape index (κ1) is 12.8. The molecule has 2 saturated heterocycles. The fourth-order valence-electron chi connectivity index (χ4n) is 2.90. The van der Waals surface area contributed by atoms with Crippen molar-refractivity contribution in [3.8, 4) is 0 Å². The predicted molar refractivity (Wildman–Crippen MR) is 68.9 cm³/mol. The Morgan fingerprint density at radius 3 is 2.76 bits per heavy atom. The lowest BCUT2D eigenvalue weighted by Crippen LogP contribution is -2.50. The Balaban J connectivity index is 1.75. The first-order valence-electron chi connectivity index (χ1n) is 6.92. The molecule has 0 aromatic heterocycles. The molecule has 0 saturated carbocycles. The Morgan fingerprint density at radius 2 is 2.12 bits per heavy atom. The minimum absolute atomic E-state index is 0.348. The Hall–Kier alpha value is -0.610. The van der Waals surface area contributed by atoms with Crippen molar-refractivity contribution in [3.63, 3.8) is 0 Å². The minimum atomic E-state index is 0.348. The lowest BCUT2D eigenvalue weighted by molar-refractivity contribution is -0.132. The predicted octanol–water partition coefficient (Wildman–Crippen LogP) is 0.681. The molecule has 0 aliphatic carbocycles. The summed E-state index contributed by atoms with van der Waals surface area (Å²) in [7, 11) is 0. The van der Waals surface area contributed by atoms with Gasteiger partial charge in [-0.15, -0.1) is 0 Å². The molecule has 0 radical (unpaired) electrons. The van der Waals surface area contributed by atoms with Crippen LogP contribution in [0.15, 0.2) is 0 Å². The number of piperazine rings is 1. The number of carbonyl (C=O) groups is 1. The summed E-state index contributed by atoms with van der Waals surface area (Å²) < 4.78 is 0. The number of hydrogen-bond donors (Lipinski definition) is 1. The summed E-state index contributed by atoms with van der Waals surface area (Å²) in [5, 5.41) is 3.38. The van der Waals surface area contributed by atoms with Gasteiger partial charge in [0, 0.05) is 51.2 Å². The first-order chi connectivity index (χ1) is 8.18. The van der Waals surface area contributed by atoms with Gasteiger partial charge in [-0.2, -0.15) is 0 Å². The summed E-state index contributed by atoms with van der Waals surface area (Å²) in [6, 6.07) is 1.02. The highest BCUT2D eigenvalue weighted by atomic mass is 16.2. The Kier molecular flexibility index (Phi) is 4.40. The standard InChI is InChI=1S/C13H25N3O/c1-11-4-3-7-16(11)13(17)5-8-15-9-6-14-10-12(15)2/h11-12,14H,3-10H2,1-2H3/t11?,12-/m1/s1. The molecule has 98 valence electrons. The van der Waals surface area contributed by atoms with E-state index in [1.54, 1.807) is 0 Å². The van der Waals surface area contributed by atoms with Crippen LogP contribution in [0.4, 0.5) is 0 Å². The van der Waals surface area contributed by atoms with Gasteiger partial charge in [0.25, 0.3) is 0 Å². The lowest BCUT2D eigenvalue weighted by Gasteiger charge is -2.34. The van der Waals surface area contributed by atoms with Crippen molar-refractivity contribution in [3.05, 3.63) is 0 Å². The van der Waals surface area contributed by atoms with E-state index in [0.717, 1.165) is 32.7 Å². The Bertz CT molecular complexity index is 269. The average molecular weight is 239 g/mol. The third-order valence-electron chi connectivity index (χ3n) is 4.13. The molecule has 2 aliphatic heterocycles. The summed E-state index contributed by atoms with van der Waals surface area (Å²) in [6.45, 7) is 9.46. The lowest BCUT2D eigenvalue weighted by atomic mass is 10.2. The van der Waals surface area contributed by atoms with E-state index in [2.05, 4.69) is 29.0 Å². The van der Waals surface area contributed by atoms with Gasteiger partial charge < -0.3 is 10.2 Å². The molecule has 2 rings (SSSR count).